The van der Waals surface area contributed by atoms with Crippen molar-refractivity contribution < 1.29 is 22.4 Å². The van der Waals surface area contributed by atoms with Crippen molar-refractivity contribution in [3.05, 3.63) is 82.8 Å². The molecule has 4 rings (SSSR count). The van der Waals surface area contributed by atoms with Gasteiger partial charge in [-0.05, 0) is 55.3 Å². The number of anilines is 1. The van der Waals surface area contributed by atoms with Crippen LogP contribution in [0.3, 0.4) is 0 Å². The fourth-order valence-corrected chi connectivity index (χ4v) is 5.32. The first-order valence-corrected chi connectivity index (χ1v) is 12.2. The second-order valence-corrected chi connectivity index (χ2v) is 9.86. The Hall–Kier alpha value is -3.14. The average molecular weight is 488 g/mol. The van der Waals surface area contributed by atoms with Gasteiger partial charge in [0.25, 0.3) is 11.8 Å². The van der Waals surface area contributed by atoms with Gasteiger partial charge < -0.3 is 15.1 Å². The number of sulfonamides is 1. The molecule has 172 valence electrons. The number of amides is 2. The summed E-state index contributed by atoms with van der Waals surface area (Å²) in [5.41, 5.74) is 0.514. The number of furan rings is 1. The predicted octanol–water partition coefficient (Wildman–Crippen LogP) is 3.90. The van der Waals surface area contributed by atoms with Gasteiger partial charge in [-0.25, -0.2) is 8.42 Å². The van der Waals surface area contributed by atoms with Gasteiger partial charge in [-0.2, -0.15) is 4.31 Å². The zero-order valence-corrected chi connectivity index (χ0v) is 19.2. The average Bonchev–Trinajstić information content (AvgIpc) is 3.52. The lowest BCUT2D eigenvalue weighted by atomic mass is 10.1. The van der Waals surface area contributed by atoms with Crippen LogP contribution in [-0.2, 0) is 16.6 Å². The Morgan fingerprint density at radius 3 is 2.45 bits per heavy atom. The van der Waals surface area contributed by atoms with E-state index in [0.717, 1.165) is 12.8 Å². The molecule has 0 saturated carbocycles. The summed E-state index contributed by atoms with van der Waals surface area (Å²) in [6.45, 7) is 1.09. The van der Waals surface area contributed by atoms with Gasteiger partial charge in [-0.3, -0.25) is 9.59 Å². The number of carbonyl (C=O) groups excluding carboxylic acids is 2. The first kappa shape index (κ1) is 23.0. The monoisotopic (exact) mass is 487 g/mol. The van der Waals surface area contributed by atoms with Crippen molar-refractivity contribution in [3.63, 3.8) is 0 Å². The third-order valence-electron chi connectivity index (χ3n) is 5.31. The molecule has 0 radical (unpaired) electrons. The molecule has 1 aliphatic heterocycles. The second-order valence-electron chi connectivity index (χ2n) is 7.51. The largest absolute Gasteiger partial charge is 0.467 e. The molecule has 0 unspecified atom stereocenters. The fraction of sp³-hybridized carbons (Fsp3) is 0.217. The van der Waals surface area contributed by atoms with Crippen LogP contribution in [0.25, 0.3) is 0 Å². The van der Waals surface area contributed by atoms with Crippen LogP contribution < -0.4 is 10.6 Å². The van der Waals surface area contributed by atoms with Crippen molar-refractivity contribution in [3.8, 4) is 0 Å². The molecule has 10 heteroatoms. The first-order valence-electron chi connectivity index (χ1n) is 10.4. The number of hydrogen-bond donors (Lipinski definition) is 2. The molecule has 1 saturated heterocycles. The zero-order valence-electron chi connectivity index (χ0n) is 17.6. The van der Waals surface area contributed by atoms with E-state index in [1.165, 1.54) is 28.8 Å². The first-order chi connectivity index (χ1) is 15.9. The Morgan fingerprint density at radius 2 is 1.73 bits per heavy atom. The molecule has 1 fully saturated rings. The van der Waals surface area contributed by atoms with E-state index < -0.39 is 21.8 Å². The molecule has 2 heterocycles. The summed E-state index contributed by atoms with van der Waals surface area (Å²) in [7, 11) is -3.71. The number of halogens is 1. The number of hydrogen-bond acceptors (Lipinski definition) is 5. The molecule has 0 bridgehead atoms. The fourth-order valence-electron chi connectivity index (χ4n) is 3.57. The van der Waals surface area contributed by atoms with Crippen LogP contribution in [0.1, 0.15) is 39.3 Å². The number of nitrogens with zero attached hydrogens (tertiary/aromatic N) is 1. The summed E-state index contributed by atoms with van der Waals surface area (Å²) in [5, 5.41) is 5.51. The van der Waals surface area contributed by atoms with E-state index >= 15 is 0 Å². The Kier molecular flexibility index (Phi) is 6.83. The number of rotatable bonds is 7. The molecule has 3 aromatic rings. The molecule has 0 aliphatic carbocycles. The summed E-state index contributed by atoms with van der Waals surface area (Å²) in [6, 6.07) is 14.0. The van der Waals surface area contributed by atoms with E-state index in [1.807, 2.05) is 0 Å². The van der Waals surface area contributed by atoms with Crippen molar-refractivity contribution >= 4 is 39.1 Å². The zero-order chi connectivity index (χ0) is 23.4. The van der Waals surface area contributed by atoms with Crippen molar-refractivity contribution in [2.75, 3.05) is 18.4 Å². The molecule has 2 aromatic carbocycles. The molecule has 0 atom stereocenters. The third kappa shape index (κ3) is 5.11. The van der Waals surface area contributed by atoms with E-state index in [0.29, 0.717) is 18.8 Å². The van der Waals surface area contributed by atoms with Crippen LogP contribution >= 0.6 is 11.6 Å². The van der Waals surface area contributed by atoms with E-state index in [2.05, 4.69) is 10.6 Å². The van der Waals surface area contributed by atoms with Crippen LogP contribution in [0.2, 0.25) is 5.02 Å². The number of nitrogens with one attached hydrogen (secondary N) is 2. The second kappa shape index (κ2) is 9.78. The van der Waals surface area contributed by atoms with Crippen molar-refractivity contribution in [2.24, 2.45) is 0 Å². The Bertz CT molecular complexity index is 1270. The molecule has 2 N–H and O–H groups in total. The highest BCUT2D eigenvalue weighted by atomic mass is 35.5. The highest BCUT2D eigenvalue weighted by Crippen LogP contribution is 2.26. The van der Waals surface area contributed by atoms with Gasteiger partial charge in [0.2, 0.25) is 10.0 Å². The van der Waals surface area contributed by atoms with Crippen LogP contribution in [-0.4, -0.2) is 37.6 Å². The van der Waals surface area contributed by atoms with Gasteiger partial charge >= 0.3 is 0 Å². The van der Waals surface area contributed by atoms with Crippen molar-refractivity contribution in [1.29, 1.82) is 0 Å². The Labute approximate surface area is 196 Å². The lowest BCUT2D eigenvalue weighted by Crippen LogP contribution is -2.28. The molecule has 1 aliphatic rings. The highest BCUT2D eigenvalue weighted by Gasteiger charge is 2.28. The number of para-hydroxylation sites is 1. The van der Waals surface area contributed by atoms with Crippen LogP contribution in [0, 0.1) is 0 Å². The van der Waals surface area contributed by atoms with Crippen LogP contribution in [0.15, 0.2) is 70.2 Å². The number of carbonyl (C=O) groups is 2. The minimum absolute atomic E-state index is 0.00253. The minimum Gasteiger partial charge on any atom is -0.467 e. The van der Waals surface area contributed by atoms with Crippen LogP contribution in [0.5, 0.6) is 0 Å². The topological polar surface area (TPSA) is 109 Å². The molecule has 0 spiro atoms. The van der Waals surface area contributed by atoms with Crippen molar-refractivity contribution in [2.45, 2.75) is 24.3 Å². The Balaban J connectivity index is 1.54. The Morgan fingerprint density at radius 1 is 0.970 bits per heavy atom. The summed E-state index contributed by atoms with van der Waals surface area (Å²) >= 11 is 6.22. The normalized spacial score (nSPS) is 14.2. The quantitative estimate of drug-likeness (QED) is 0.525. The van der Waals surface area contributed by atoms with Gasteiger partial charge in [0.1, 0.15) is 5.76 Å². The SMILES string of the molecule is O=C(Nc1ccccc1C(=O)NCc1ccco1)c1cc(S(=O)(=O)N2CCCC2)ccc1Cl. The lowest BCUT2D eigenvalue weighted by molar-refractivity contribution is 0.0949. The smallest absolute Gasteiger partial charge is 0.257 e. The number of benzene rings is 2. The van der Waals surface area contributed by atoms with E-state index in [9.17, 15) is 18.0 Å². The highest BCUT2D eigenvalue weighted by molar-refractivity contribution is 7.89. The van der Waals surface area contributed by atoms with E-state index in [4.69, 9.17) is 16.0 Å². The summed E-state index contributed by atoms with van der Waals surface area (Å²) in [6.07, 6.45) is 3.12. The van der Waals surface area contributed by atoms with Gasteiger partial charge in [0, 0.05) is 13.1 Å². The predicted molar refractivity (Wildman–Crippen MR) is 124 cm³/mol. The van der Waals surface area contributed by atoms with Gasteiger partial charge in [0.05, 0.1) is 39.5 Å². The third-order valence-corrected chi connectivity index (χ3v) is 7.53. The van der Waals surface area contributed by atoms with Gasteiger partial charge in [-0.1, -0.05) is 23.7 Å². The summed E-state index contributed by atoms with van der Waals surface area (Å²) in [4.78, 5) is 25.7. The molecule has 33 heavy (non-hydrogen) atoms. The molecule has 8 nitrogen and oxygen atoms in total. The van der Waals surface area contributed by atoms with Crippen LogP contribution in [0.4, 0.5) is 5.69 Å². The molecule has 2 amide bonds. The maximum Gasteiger partial charge on any atom is 0.257 e. The molecular weight excluding hydrogens is 466 g/mol. The van der Waals surface area contributed by atoms with E-state index in [-0.39, 0.29) is 33.3 Å². The molecule has 1 aromatic heterocycles. The lowest BCUT2D eigenvalue weighted by Gasteiger charge is -2.17. The summed E-state index contributed by atoms with van der Waals surface area (Å²) < 4.78 is 32.4. The maximum atomic E-state index is 13.0. The summed E-state index contributed by atoms with van der Waals surface area (Å²) in [5.74, 6) is -0.434. The maximum absolute atomic E-state index is 13.0. The molecular formula is C23H22ClN3O5S. The van der Waals surface area contributed by atoms with Gasteiger partial charge in [-0.15, -0.1) is 0 Å². The van der Waals surface area contributed by atoms with E-state index in [1.54, 1.807) is 36.4 Å². The minimum atomic E-state index is -3.71. The van der Waals surface area contributed by atoms with Gasteiger partial charge in [0.15, 0.2) is 0 Å². The van der Waals surface area contributed by atoms with Crippen molar-refractivity contribution in [1.82, 2.24) is 9.62 Å². The standard InChI is InChI=1S/C23H22ClN3O5S/c24-20-10-9-17(33(30,31)27-11-3-4-12-27)14-19(20)23(29)26-21-8-2-1-7-18(21)22(28)25-15-16-6-5-13-32-16/h1-2,5-10,13-14H,3-4,11-12,15H2,(H,25,28)(H,26,29).